The number of aromatic nitrogens is 3. The molecule has 6 nitrogen and oxygen atoms in total. The molecule has 3 rings (SSSR count). The number of hydrogen-bond acceptors (Lipinski definition) is 5. The minimum absolute atomic E-state index is 0.0552. The molecule has 0 aliphatic rings. The lowest BCUT2D eigenvalue weighted by molar-refractivity contribution is -0.142. The van der Waals surface area contributed by atoms with E-state index in [4.69, 9.17) is 0 Å². The van der Waals surface area contributed by atoms with Crippen molar-refractivity contribution in [2.45, 2.75) is 19.3 Å². The van der Waals surface area contributed by atoms with E-state index in [-0.39, 0.29) is 21.7 Å². The maximum Gasteiger partial charge on any atom is 0.406 e. The summed E-state index contributed by atoms with van der Waals surface area (Å²) in [5.41, 5.74) is -2.43. The molecule has 28 heavy (non-hydrogen) atoms. The first-order chi connectivity index (χ1) is 13.1. The van der Waals surface area contributed by atoms with Gasteiger partial charge in [0.2, 0.25) is 0 Å². The monoisotopic (exact) mass is 419 g/mol. The van der Waals surface area contributed by atoms with Gasteiger partial charge in [0.1, 0.15) is 11.6 Å². The fourth-order valence-corrected chi connectivity index (χ4v) is 3.31. The van der Waals surface area contributed by atoms with Crippen LogP contribution in [-0.2, 0) is 13.1 Å². The largest absolute Gasteiger partial charge is 0.503 e. The van der Waals surface area contributed by atoms with Gasteiger partial charge in [0.25, 0.3) is 5.56 Å². The number of hydrogen-bond donors (Lipinski definition) is 1. The van der Waals surface area contributed by atoms with Gasteiger partial charge in [0.15, 0.2) is 17.4 Å². The Morgan fingerprint density at radius 2 is 1.86 bits per heavy atom. The van der Waals surface area contributed by atoms with E-state index in [0.29, 0.717) is 4.88 Å². The summed E-state index contributed by atoms with van der Waals surface area (Å²) in [4.78, 5) is 28.0. The molecular formula is C16H10F5N3O3S. The van der Waals surface area contributed by atoms with Crippen LogP contribution in [0.4, 0.5) is 22.0 Å². The Bertz CT molecular complexity index is 1150. The van der Waals surface area contributed by atoms with Gasteiger partial charge in [-0.15, -0.1) is 11.3 Å². The zero-order valence-corrected chi connectivity index (χ0v) is 14.5. The number of alkyl halides is 3. The molecule has 0 saturated carbocycles. The van der Waals surface area contributed by atoms with Gasteiger partial charge in [-0.2, -0.15) is 13.2 Å². The van der Waals surface area contributed by atoms with E-state index in [1.807, 2.05) is 0 Å². The van der Waals surface area contributed by atoms with Crippen molar-refractivity contribution in [1.82, 2.24) is 14.1 Å². The van der Waals surface area contributed by atoms with Gasteiger partial charge in [-0.25, -0.2) is 18.6 Å². The fourth-order valence-electron chi connectivity index (χ4n) is 2.38. The van der Waals surface area contributed by atoms with Gasteiger partial charge in [0, 0.05) is 23.3 Å². The Hall–Kier alpha value is -3.02. The predicted molar refractivity (Wildman–Crippen MR) is 89.2 cm³/mol. The molecular weight excluding hydrogens is 409 g/mol. The molecule has 0 atom stereocenters. The van der Waals surface area contributed by atoms with Gasteiger partial charge in [0.05, 0.1) is 12.1 Å². The Kier molecular flexibility index (Phi) is 5.06. The summed E-state index contributed by atoms with van der Waals surface area (Å²) in [7, 11) is 0. The van der Waals surface area contributed by atoms with Crippen LogP contribution >= 0.6 is 11.3 Å². The van der Waals surface area contributed by atoms with Gasteiger partial charge < -0.3 is 5.11 Å². The molecule has 1 N–H and O–H groups in total. The van der Waals surface area contributed by atoms with Crippen LogP contribution in [0.15, 0.2) is 40.2 Å². The number of nitrogens with zero attached hydrogens (tertiary/aromatic N) is 3. The quantitative estimate of drug-likeness (QED) is 0.660. The smallest absolute Gasteiger partial charge is 0.406 e. The molecule has 0 aliphatic carbocycles. The summed E-state index contributed by atoms with van der Waals surface area (Å²) in [6.45, 7) is -1.94. The number of benzene rings is 1. The maximum atomic E-state index is 14.0. The molecule has 0 fully saturated rings. The number of thiazole rings is 1. The molecule has 0 aliphatic heterocycles. The highest BCUT2D eigenvalue weighted by atomic mass is 32.1. The maximum absolute atomic E-state index is 14.0. The fraction of sp³-hybridized carbons (Fsp3) is 0.188. The molecule has 3 aromatic rings. The zero-order chi connectivity index (χ0) is 20.6. The van der Waals surface area contributed by atoms with Gasteiger partial charge >= 0.3 is 11.9 Å². The van der Waals surface area contributed by atoms with Crippen molar-refractivity contribution in [3.8, 4) is 16.3 Å². The molecule has 0 unspecified atom stereocenters. The summed E-state index contributed by atoms with van der Waals surface area (Å²) < 4.78 is 65.7. The number of aromatic hydroxyl groups is 1. The minimum atomic E-state index is -4.75. The molecule has 0 bridgehead atoms. The van der Waals surface area contributed by atoms with Crippen molar-refractivity contribution in [1.29, 1.82) is 0 Å². The standard InChI is InChI=1S/C16H10F5N3O3S/c17-10-2-1-9(12(18)13(10)26)14-22-5-8(28-14)6-23-4-3-11(25)24(15(23)27)7-16(19,20)21/h1-5,26H,6-7H2. The third-order valence-corrected chi connectivity index (χ3v) is 4.67. The minimum Gasteiger partial charge on any atom is -0.503 e. The normalized spacial score (nSPS) is 11.8. The van der Waals surface area contributed by atoms with Crippen LogP contribution in [0.25, 0.3) is 10.6 Å². The third kappa shape index (κ3) is 3.96. The molecule has 0 saturated heterocycles. The summed E-state index contributed by atoms with van der Waals surface area (Å²) in [5.74, 6) is -3.52. The Balaban J connectivity index is 1.93. The van der Waals surface area contributed by atoms with Crippen molar-refractivity contribution < 1.29 is 27.1 Å². The molecule has 2 heterocycles. The molecule has 12 heteroatoms. The summed E-state index contributed by atoms with van der Waals surface area (Å²) in [6, 6.07) is 2.75. The molecule has 0 radical (unpaired) electrons. The Morgan fingerprint density at radius 3 is 2.54 bits per heavy atom. The number of rotatable bonds is 4. The van der Waals surface area contributed by atoms with Crippen LogP contribution < -0.4 is 11.2 Å². The summed E-state index contributed by atoms with van der Waals surface area (Å²) >= 11 is 0.887. The Labute approximate surface area is 156 Å². The average Bonchev–Trinajstić information content (AvgIpc) is 3.06. The van der Waals surface area contributed by atoms with Crippen LogP contribution in [0.3, 0.4) is 0 Å². The van der Waals surface area contributed by atoms with E-state index in [0.717, 1.165) is 40.3 Å². The van der Waals surface area contributed by atoms with Gasteiger partial charge in [-0.3, -0.25) is 13.9 Å². The topological polar surface area (TPSA) is 77.1 Å². The summed E-state index contributed by atoms with van der Waals surface area (Å²) in [6.07, 6.45) is -2.45. The number of halogens is 5. The molecule has 0 spiro atoms. The lowest BCUT2D eigenvalue weighted by Gasteiger charge is -2.10. The van der Waals surface area contributed by atoms with Crippen LogP contribution in [0.1, 0.15) is 4.88 Å². The van der Waals surface area contributed by atoms with E-state index < -0.39 is 41.4 Å². The first kappa shape index (κ1) is 19.7. The lowest BCUT2D eigenvalue weighted by atomic mass is 10.2. The third-order valence-electron chi connectivity index (χ3n) is 3.65. The second-order valence-electron chi connectivity index (χ2n) is 5.66. The second-order valence-corrected chi connectivity index (χ2v) is 6.77. The number of phenols is 1. The second kappa shape index (κ2) is 7.19. The SMILES string of the molecule is O=c1ccn(Cc2cnc(-c3ccc(F)c(O)c3F)s2)c(=O)n1CC(F)(F)F. The van der Waals surface area contributed by atoms with Crippen molar-refractivity contribution >= 4 is 11.3 Å². The van der Waals surface area contributed by atoms with Crippen molar-refractivity contribution in [3.05, 3.63) is 67.9 Å². The highest BCUT2D eigenvalue weighted by Gasteiger charge is 2.29. The van der Waals surface area contributed by atoms with Crippen LogP contribution in [0.5, 0.6) is 5.75 Å². The van der Waals surface area contributed by atoms with Gasteiger partial charge in [-0.1, -0.05) is 0 Å². The van der Waals surface area contributed by atoms with E-state index in [9.17, 15) is 36.6 Å². The highest BCUT2D eigenvalue weighted by Crippen LogP contribution is 2.33. The highest BCUT2D eigenvalue weighted by molar-refractivity contribution is 7.15. The molecule has 0 amide bonds. The molecule has 148 valence electrons. The zero-order valence-electron chi connectivity index (χ0n) is 13.7. The van der Waals surface area contributed by atoms with E-state index >= 15 is 0 Å². The molecule has 1 aromatic carbocycles. The first-order valence-electron chi connectivity index (χ1n) is 7.56. The van der Waals surface area contributed by atoms with E-state index in [2.05, 4.69) is 4.98 Å². The van der Waals surface area contributed by atoms with Crippen molar-refractivity contribution in [2.24, 2.45) is 0 Å². The number of phenolic OH excluding ortho intramolecular Hbond substituents is 1. The van der Waals surface area contributed by atoms with E-state index in [1.165, 1.54) is 6.20 Å². The van der Waals surface area contributed by atoms with Crippen LogP contribution in [0.2, 0.25) is 0 Å². The molecule has 2 aromatic heterocycles. The van der Waals surface area contributed by atoms with Crippen LogP contribution in [-0.4, -0.2) is 25.4 Å². The average molecular weight is 419 g/mol. The van der Waals surface area contributed by atoms with Crippen molar-refractivity contribution in [2.75, 3.05) is 0 Å². The Morgan fingerprint density at radius 1 is 1.14 bits per heavy atom. The summed E-state index contributed by atoms with van der Waals surface area (Å²) in [5, 5.41) is 9.40. The lowest BCUT2D eigenvalue weighted by Crippen LogP contribution is -2.42. The van der Waals surface area contributed by atoms with Crippen LogP contribution in [0, 0.1) is 11.6 Å². The van der Waals surface area contributed by atoms with Crippen molar-refractivity contribution in [3.63, 3.8) is 0 Å². The van der Waals surface area contributed by atoms with Gasteiger partial charge in [-0.05, 0) is 12.1 Å². The first-order valence-corrected chi connectivity index (χ1v) is 8.37. The predicted octanol–water partition coefficient (Wildman–Crippen LogP) is 2.73. The van der Waals surface area contributed by atoms with E-state index in [1.54, 1.807) is 0 Å².